The normalized spacial score (nSPS) is 10.8. The third-order valence-electron chi connectivity index (χ3n) is 3.12. The van der Waals surface area contributed by atoms with Gasteiger partial charge in [0.05, 0.1) is 0 Å². The average Bonchev–Trinajstić information content (AvgIpc) is 2.51. The van der Waals surface area contributed by atoms with E-state index >= 15 is 0 Å². The second-order valence-corrected chi connectivity index (χ2v) is 4.89. The van der Waals surface area contributed by atoms with Crippen molar-refractivity contribution < 1.29 is 31.5 Å². The van der Waals surface area contributed by atoms with E-state index in [1.165, 1.54) is 0 Å². The molecule has 0 N–H and O–H groups in total. The number of rotatable bonds is 8. The second kappa shape index (κ2) is 8.70. The zero-order chi connectivity index (χ0) is 16.7. The zero-order valence-corrected chi connectivity index (χ0v) is 12.2. The summed E-state index contributed by atoms with van der Waals surface area (Å²) in [6.45, 7) is 2.06. The number of halogens is 5. The van der Waals surface area contributed by atoms with Crippen molar-refractivity contribution in [3.8, 4) is 5.75 Å². The van der Waals surface area contributed by atoms with Gasteiger partial charge in [0, 0.05) is 6.42 Å². The lowest BCUT2D eigenvalue weighted by atomic mass is 10.1. The van der Waals surface area contributed by atoms with Crippen LogP contribution < -0.4 is 4.74 Å². The van der Waals surface area contributed by atoms with Crippen LogP contribution >= 0.6 is 0 Å². The molecule has 0 saturated heterocycles. The molecule has 124 valence electrons. The minimum Gasteiger partial charge on any atom is -0.420 e. The van der Waals surface area contributed by atoms with Crippen LogP contribution in [0.1, 0.15) is 51.9 Å². The maximum absolute atomic E-state index is 13.3. The molecule has 0 spiro atoms. The van der Waals surface area contributed by atoms with Gasteiger partial charge in [-0.05, 0) is 6.42 Å². The molecule has 0 radical (unpaired) electrons. The first kappa shape index (κ1) is 18.4. The minimum atomic E-state index is -2.29. The van der Waals surface area contributed by atoms with E-state index < -0.39 is 40.8 Å². The molecule has 0 bridgehead atoms. The number of ether oxygens (including phenoxy) is 1. The molecule has 0 heterocycles. The Bertz CT molecular complexity index is 502. The van der Waals surface area contributed by atoms with Gasteiger partial charge in [-0.3, -0.25) is 4.79 Å². The SMILES string of the molecule is CCCCCCCCC(=O)Oc1c(F)c(F)c(F)c(F)c1F. The van der Waals surface area contributed by atoms with Crippen molar-refractivity contribution in [2.75, 3.05) is 0 Å². The van der Waals surface area contributed by atoms with Crippen LogP contribution in [0.3, 0.4) is 0 Å². The van der Waals surface area contributed by atoms with Gasteiger partial charge in [-0.25, -0.2) is 13.2 Å². The molecule has 1 aromatic carbocycles. The standard InChI is InChI=1S/C15H17F5O2/c1-2-3-4-5-6-7-8-9(21)22-15-13(19)11(17)10(16)12(18)14(15)20/h2-8H2,1H3. The van der Waals surface area contributed by atoms with Gasteiger partial charge in [0.2, 0.25) is 34.8 Å². The Labute approximate surface area is 125 Å². The fourth-order valence-electron chi connectivity index (χ4n) is 1.89. The lowest BCUT2D eigenvalue weighted by molar-refractivity contribution is -0.135. The summed E-state index contributed by atoms with van der Waals surface area (Å²) in [5.41, 5.74) is 0. The quantitative estimate of drug-likeness (QED) is 0.167. The molecule has 0 aliphatic carbocycles. The highest BCUT2D eigenvalue weighted by atomic mass is 19.2. The van der Waals surface area contributed by atoms with E-state index in [4.69, 9.17) is 0 Å². The summed E-state index contributed by atoms with van der Waals surface area (Å²) in [6.07, 6.45) is 5.08. The number of carbonyl (C=O) groups excluding carboxylic acids is 1. The van der Waals surface area contributed by atoms with Gasteiger partial charge in [0.15, 0.2) is 0 Å². The summed E-state index contributed by atoms with van der Waals surface area (Å²) in [4.78, 5) is 11.4. The summed E-state index contributed by atoms with van der Waals surface area (Å²) in [6, 6.07) is 0. The Morgan fingerprint density at radius 2 is 1.23 bits per heavy atom. The highest BCUT2D eigenvalue weighted by Gasteiger charge is 2.28. The van der Waals surface area contributed by atoms with Gasteiger partial charge in [0.1, 0.15) is 0 Å². The van der Waals surface area contributed by atoms with Crippen LogP contribution in [-0.2, 0) is 4.79 Å². The summed E-state index contributed by atoms with van der Waals surface area (Å²) in [5.74, 6) is -13.4. The Morgan fingerprint density at radius 1 is 0.773 bits per heavy atom. The van der Waals surface area contributed by atoms with Gasteiger partial charge in [0.25, 0.3) is 0 Å². The lowest BCUT2D eigenvalue weighted by Crippen LogP contribution is -2.13. The zero-order valence-electron chi connectivity index (χ0n) is 12.2. The number of esters is 1. The summed E-state index contributed by atoms with van der Waals surface area (Å²) < 4.78 is 69.5. The van der Waals surface area contributed by atoms with Crippen molar-refractivity contribution in [2.45, 2.75) is 51.9 Å². The molecule has 0 aliphatic heterocycles. The van der Waals surface area contributed by atoms with E-state index in [1.807, 2.05) is 0 Å². The first-order valence-electron chi connectivity index (χ1n) is 7.12. The number of hydrogen-bond donors (Lipinski definition) is 0. The van der Waals surface area contributed by atoms with Crippen LogP contribution in [0.15, 0.2) is 0 Å². The fraction of sp³-hybridized carbons (Fsp3) is 0.533. The highest BCUT2D eigenvalue weighted by Crippen LogP contribution is 2.29. The number of benzene rings is 1. The van der Waals surface area contributed by atoms with E-state index in [1.54, 1.807) is 0 Å². The van der Waals surface area contributed by atoms with E-state index in [0.717, 1.165) is 32.1 Å². The van der Waals surface area contributed by atoms with Gasteiger partial charge >= 0.3 is 5.97 Å². The Kier molecular flexibility index (Phi) is 7.27. The summed E-state index contributed by atoms with van der Waals surface area (Å²) in [5, 5.41) is 0. The minimum absolute atomic E-state index is 0.147. The van der Waals surface area contributed by atoms with Crippen LogP contribution in [0.4, 0.5) is 22.0 Å². The molecule has 0 aromatic heterocycles. The van der Waals surface area contributed by atoms with E-state index in [0.29, 0.717) is 6.42 Å². The van der Waals surface area contributed by atoms with E-state index in [-0.39, 0.29) is 6.42 Å². The van der Waals surface area contributed by atoms with Gasteiger partial charge in [-0.15, -0.1) is 0 Å². The van der Waals surface area contributed by atoms with Crippen LogP contribution in [0, 0.1) is 29.1 Å². The smallest absolute Gasteiger partial charge is 0.311 e. The highest BCUT2D eigenvalue weighted by molar-refractivity contribution is 5.72. The van der Waals surface area contributed by atoms with Crippen molar-refractivity contribution in [1.82, 2.24) is 0 Å². The molecule has 7 heteroatoms. The number of hydrogen-bond acceptors (Lipinski definition) is 2. The molecular formula is C15H17F5O2. The van der Waals surface area contributed by atoms with Gasteiger partial charge in [-0.1, -0.05) is 39.0 Å². The molecule has 1 aromatic rings. The van der Waals surface area contributed by atoms with E-state index in [9.17, 15) is 26.7 Å². The van der Waals surface area contributed by atoms with Crippen LogP contribution in [0.5, 0.6) is 5.75 Å². The average molecular weight is 324 g/mol. The Balaban J connectivity index is 2.58. The maximum atomic E-state index is 13.3. The number of unbranched alkanes of at least 4 members (excludes halogenated alkanes) is 5. The first-order chi connectivity index (χ1) is 10.4. The fourth-order valence-corrected chi connectivity index (χ4v) is 1.89. The molecule has 0 saturated carbocycles. The summed E-state index contributed by atoms with van der Waals surface area (Å²) >= 11 is 0. The van der Waals surface area contributed by atoms with Crippen LogP contribution in [-0.4, -0.2) is 5.97 Å². The van der Waals surface area contributed by atoms with Crippen molar-refractivity contribution in [3.63, 3.8) is 0 Å². The van der Waals surface area contributed by atoms with Crippen molar-refractivity contribution in [2.24, 2.45) is 0 Å². The maximum Gasteiger partial charge on any atom is 0.311 e. The third-order valence-corrected chi connectivity index (χ3v) is 3.12. The molecule has 1 rings (SSSR count). The molecule has 2 nitrogen and oxygen atoms in total. The second-order valence-electron chi connectivity index (χ2n) is 4.89. The third kappa shape index (κ3) is 4.68. The largest absolute Gasteiger partial charge is 0.420 e. The molecule has 0 atom stereocenters. The lowest BCUT2D eigenvalue weighted by Gasteiger charge is -2.08. The molecule has 0 fully saturated rings. The molecule has 0 unspecified atom stereocenters. The first-order valence-corrected chi connectivity index (χ1v) is 7.12. The van der Waals surface area contributed by atoms with Gasteiger partial charge < -0.3 is 4.74 Å². The molecule has 22 heavy (non-hydrogen) atoms. The number of carbonyl (C=O) groups is 1. The monoisotopic (exact) mass is 324 g/mol. The summed E-state index contributed by atoms with van der Waals surface area (Å²) in [7, 11) is 0. The predicted octanol–water partition coefficient (Wildman–Crippen LogP) is 5.04. The predicted molar refractivity (Wildman–Crippen MR) is 69.9 cm³/mol. The van der Waals surface area contributed by atoms with Gasteiger partial charge in [-0.2, -0.15) is 8.78 Å². The van der Waals surface area contributed by atoms with Crippen LogP contribution in [0.25, 0.3) is 0 Å². The van der Waals surface area contributed by atoms with Crippen molar-refractivity contribution in [3.05, 3.63) is 29.1 Å². The molecular weight excluding hydrogens is 307 g/mol. The Morgan fingerprint density at radius 3 is 1.77 bits per heavy atom. The van der Waals surface area contributed by atoms with E-state index in [2.05, 4.69) is 11.7 Å². The Hall–Kier alpha value is -1.66. The topological polar surface area (TPSA) is 26.3 Å². The van der Waals surface area contributed by atoms with Crippen molar-refractivity contribution in [1.29, 1.82) is 0 Å². The molecule has 0 amide bonds. The molecule has 0 aliphatic rings. The van der Waals surface area contributed by atoms with Crippen LogP contribution in [0.2, 0.25) is 0 Å². The van der Waals surface area contributed by atoms with Crippen molar-refractivity contribution >= 4 is 5.97 Å².